The lowest BCUT2D eigenvalue weighted by atomic mass is 9.86. The molecule has 4 N–H and O–H groups in total. The largest absolute Gasteiger partial charge is 0.481 e. The fourth-order valence-electron chi connectivity index (χ4n) is 2.26. The van der Waals surface area contributed by atoms with Crippen LogP contribution in [0.25, 0.3) is 0 Å². The molecule has 0 unspecified atom stereocenters. The SMILES string of the molecule is CS(=O)(=O)OCCN(CCl)c1ccc(C(=O)[C@](N)(CCC(=O)O)C(=O)O)cc1. The van der Waals surface area contributed by atoms with Crippen molar-refractivity contribution in [2.24, 2.45) is 5.73 Å². The molecule has 0 heterocycles. The second-order valence-electron chi connectivity index (χ2n) is 5.96. The second-order valence-corrected chi connectivity index (χ2v) is 7.84. The van der Waals surface area contributed by atoms with E-state index in [1.165, 1.54) is 24.3 Å². The van der Waals surface area contributed by atoms with Gasteiger partial charge in [-0.25, -0.2) is 4.79 Å². The van der Waals surface area contributed by atoms with Crippen molar-refractivity contribution in [1.29, 1.82) is 0 Å². The first-order valence-corrected chi connectivity index (χ1v) is 10.3. The summed E-state index contributed by atoms with van der Waals surface area (Å²) in [5, 5.41) is 18.0. The van der Waals surface area contributed by atoms with Crippen molar-refractivity contribution in [3.63, 3.8) is 0 Å². The van der Waals surface area contributed by atoms with Crippen molar-refractivity contribution in [2.75, 3.05) is 30.3 Å². The van der Waals surface area contributed by atoms with Crippen LogP contribution in [-0.4, -0.2) is 67.3 Å². The number of alkyl halides is 1. The lowest BCUT2D eigenvalue weighted by Gasteiger charge is -2.24. The number of carbonyl (C=O) groups excluding carboxylic acids is 1. The molecule has 0 fully saturated rings. The number of ketones is 1. The minimum Gasteiger partial charge on any atom is -0.481 e. The number of carbonyl (C=O) groups is 3. The molecule has 0 saturated carbocycles. The van der Waals surface area contributed by atoms with Crippen LogP contribution in [0.1, 0.15) is 23.2 Å². The van der Waals surface area contributed by atoms with E-state index in [1.54, 1.807) is 4.90 Å². The number of hydrogen-bond donors (Lipinski definition) is 3. The predicted octanol–water partition coefficient (Wildman–Crippen LogP) is 0.495. The molecule has 0 aromatic heterocycles. The lowest BCUT2D eigenvalue weighted by molar-refractivity contribution is -0.142. The molecule has 0 radical (unpaired) electrons. The molecule has 0 aliphatic rings. The molecule has 12 heteroatoms. The molecule has 28 heavy (non-hydrogen) atoms. The van der Waals surface area contributed by atoms with Gasteiger partial charge >= 0.3 is 11.9 Å². The molecule has 1 aromatic rings. The van der Waals surface area contributed by atoms with Crippen LogP contribution in [0.5, 0.6) is 0 Å². The van der Waals surface area contributed by atoms with E-state index in [0.717, 1.165) is 6.26 Å². The lowest BCUT2D eigenvalue weighted by Crippen LogP contribution is -2.55. The summed E-state index contributed by atoms with van der Waals surface area (Å²) in [7, 11) is -3.59. The summed E-state index contributed by atoms with van der Waals surface area (Å²) in [5.74, 6) is -3.82. The van der Waals surface area contributed by atoms with E-state index in [2.05, 4.69) is 4.18 Å². The van der Waals surface area contributed by atoms with Gasteiger partial charge in [0.15, 0.2) is 11.3 Å². The molecular weight excluding hydrogens is 416 g/mol. The van der Waals surface area contributed by atoms with E-state index in [-0.39, 0.29) is 24.7 Å². The van der Waals surface area contributed by atoms with Gasteiger partial charge in [0.1, 0.15) is 0 Å². The Kier molecular flexibility index (Phi) is 8.36. The first-order chi connectivity index (χ1) is 12.9. The Morgan fingerprint density at radius 1 is 1.21 bits per heavy atom. The van der Waals surface area contributed by atoms with E-state index in [1.807, 2.05) is 0 Å². The number of anilines is 1. The highest BCUT2D eigenvalue weighted by Crippen LogP contribution is 2.21. The molecule has 0 saturated heterocycles. The third-order valence-electron chi connectivity index (χ3n) is 3.82. The molecule has 1 atom stereocenters. The number of nitrogens with two attached hydrogens (primary N) is 1. The van der Waals surface area contributed by atoms with Crippen LogP contribution in [0.4, 0.5) is 5.69 Å². The summed E-state index contributed by atoms with van der Waals surface area (Å²) in [6.45, 7) is 0.0186. The Bertz CT molecular complexity index is 828. The molecular formula is C16H21ClN2O8S. The average molecular weight is 437 g/mol. The second kappa shape index (κ2) is 9.82. The normalized spacial score (nSPS) is 13.5. The minimum absolute atomic E-state index is 0.00891. The van der Waals surface area contributed by atoms with Gasteiger partial charge in [-0.1, -0.05) is 0 Å². The van der Waals surface area contributed by atoms with Crippen LogP contribution < -0.4 is 10.6 Å². The quantitative estimate of drug-likeness (QED) is 0.138. The smallest absolute Gasteiger partial charge is 0.331 e. The predicted molar refractivity (Wildman–Crippen MR) is 101 cm³/mol. The Morgan fingerprint density at radius 3 is 2.21 bits per heavy atom. The summed E-state index contributed by atoms with van der Waals surface area (Å²) in [6.07, 6.45) is -0.216. The Hall–Kier alpha value is -2.21. The maximum Gasteiger partial charge on any atom is 0.331 e. The number of carboxylic acids is 2. The molecule has 1 rings (SSSR count). The third kappa shape index (κ3) is 6.75. The highest BCUT2D eigenvalue weighted by molar-refractivity contribution is 7.85. The van der Waals surface area contributed by atoms with Gasteiger partial charge in [0.2, 0.25) is 0 Å². The molecule has 0 aliphatic carbocycles. The van der Waals surface area contributed by atoms with Gasteiger partial charge < -0.3 is 20.8 Å². The number of carboxylic acid groups (broad SMARTS) is 2. The maximum absolute atomic E-state index is 12.5. The van der Waals surface area contributed by atoms with Crippen molar-refractivity contribution >= 4 is 45.1 Å². The van der Waals surface area contributed by atoms with Crippen molar-refractivity contribution in [2.45, 2.75) is 18.4 Å². The van der Waals surface area contributed by atoms with Crippen molar-refractivity contribution in [1.82, 2.24) is 0 Å². The maximum atomic E-state index is 12.5. The summed E-state index contributed by atoms with van der Waals surface area (Å²) in [4.78, 5) is 36.2. The Labute approximate surface area is 167 Å². The van der Waals surface area contributed by atoms with E-state index in [0.29, 0.717) is 5.69 Å². The molecule has 0 bridgehead atoms. The standard InChI is InChI=1S/C16H21ClN2O8S/c1-28(25,26)27-9-8-19(10-17)12-4-2-11(3-5-12)14(22)16(18,15(23)24)7-6-13(20)21/h2-5H,6-10,18H2,1H3,(H,20,21)(H,23,24)/t16-/m1/s1. The third-order valence-corrected chi connectivity index (χ3v) is 4.70. The van der Waals surface area contributed by atoms with Gasteiger partial charge in [-0.15, -0.1) is 11.6 Å². The topological polar surface area (TPSA) is 164 Å². The van der Waals surface area contributed by atoms with Crippen molar-refractivity contribution < 1.29 is 37.2 Å². The van der Waals surface area contributed by atoms with Crippen LogP contribution in [0.2, 0.25) is 0 Å². The van der Waals surface area contributed by atoms with Crippen LogP contribution >= 0.6 is 11.6 Å². The van der Waals surface area contributed by atoms with Crippen molar-refractivity contribution in [3.05, 3.63) is 29.8 Å². The van der Waals surface area contributed by atoms with Gasteiger partial charge in [-0.05, 0) is 30.7 Å². The summed E-state index contributed by atoms with van der Waals surface area (Å²) >= 11 is 5.84. The van der Waals surface area contributed by atoms with Gasteiger partial charge in [0.25, 0.3) is 10.1 Å². The number of rotatable bonds is 12. The van der Waals surface area contributed by atoms with Gasteiger partial charge in [-0.2, -0.15) is 8.42 Å². The van der Waals surface area contributed by atoms with Crippen LogP contribution in [0.15, 0.2) is 24.3 Å². The highest BCUT2D eigenvalue weighted by atomic mass is 35.5. The highest BCUT2D eigenvalue weighted by Gasteiger charge is 2.42. The van der Waals surface area contributed by atoms with Gasteiger partial charge in [0, 0.05) is 24.2 Å². The molecule has 10 nitrogen and oxygen atoms in total. The number of aliphatic carboxylic acids is 2. The van der Waals surface area contributed by atoms with E-state index in [4.69, 9.17) is 22.4 Å². The average Bonchev–Trinajstić information content (AvgIpc) is 2.61. The van der Waals surface area contributed by atoms with Crippen LogP contribution in [0, 0.1) is 0 Å². The summed E-state index contributed by atoms with van der Waals surface area (Å²) in [6, 6.07) is 5.64. The number of halogens is 1. The number of nitrogens with zero attached hydrogens (tertiary/aromatic N) is 1. The first-order valence-electron chi connectivity index (χ1n) is 7.95. The Morgan fingerprint density at radius 2 is 1.79 bits per heavy atom. The monoisotopic (exact) mass is 436 g/mol. The zero-order chi connectivity index (χ0) is 21.5. The number of Topliss-reactive ketones (excluding diaryl/α,β-unsaturated/α-hetero) is 1. The number of hydrogen-bond acceptors (Lipinski definition) is 8. The van der Waals surface area contributed by atoms with Crippen LogP contribution in [-0.2, 0) is 23.9 Å². The molecule has 0 aliphatic heterocycles. The molecule has 0 amide bonds. The van der Waals surface area contributed by atoms with Crippen molar-refractivity contribution in [3.8, 4) is 0 Å². The fraction of sp³-hybridized carbons (Fsp3) is 0.438. The zero-order valence-electron chi connectivity index (χ0n) is 15.0. The fourth-order valence-corrected chi connectivity index (χ4v) is 2.89. The molecule has 1 aromatic carbocycles. The van der Waals surface area contributed by atoms with E-state index in [9.17, 15) is 27.9 Å². The van der Waals surface area contributed by atoms with E-state index < -0.39 is 46.2 Å². The first kappa shape index (κ1) is 23.8. The van der Waals surface area contributed by atoms with Gasteiger partial charge in [0.05, 0.1) is 18.9 Å². The molecule has 156 valence electrons. The number of benzene rings is 1. The summed E-state index contributed by atoms with van der Waals surface area (Å²) in [5.41, 5.74) is 3.83. The van der Waals surface area contributed by atoms with Crippen LogP contribution in [0.3, 0.4) is 0 Å². The van der Waals surface area contributed by atoms with E-state index >= 15 is 0 Å². The van der Waals surface area contributed by atoms with Gasteiger partial charge in [-0.3, -0.25) is 13.8 Å². The Balaban J connectivity index is 2.95. The minimum atomic E-state index is -3.59. The molecule has 0 spiro atoms. The zero-order valence-corrected chi connectivity index (χ0v) is 16.6. The summed E-state index contributed by atoms with van der Waals surface area (Å²) < 4.78 is 26.6.